The zero-order valence-electron chi connectivity index (χ0n) is 12.1. The molecule has 0 saturated heterocycles. The Morgan fingerprint density at radius 3 is 2.90 bits per heavy atom. The number of aryl methyl sites for hydroxylation is 1. The molecule has 20 heavy (non-hydrogen) atoms. The lowest BCUT2D eigenvalue weighted by atomic mass is 10.2. The van der Waals surface area contributed by atoms with Gasteiger partial charge < -0.3 is 4.90 Å². The molecule has 1 heterocycles. The zero-order valence-corrected chi connectivity index (χ0v) is 12.1. The van der Waals surface area contributed by atoms with E-state index in [2.05, 4.69) is 30.2 Å². The van der Waals surface area contributed by atoms with Crippen molar-refractivity contribution >= 4 is 17.2 Å². The Morgan fingerprint density at radius 2 is 2.20 bits per heavy atom. The number of allylic oxidation sites excluding steroid dienone is 3. The van der Waals surface area contributed by atoms with E-state index in [1.165, 1.54) is 11.6 Å². The van der Waals surface area contributed by atoms with E-state index in [4.69, 9.17) is 0 Å². The third kappa shape index (κ3) is 3.35. The maximum Gasteiger partial charge on any atom is 0.142 e. The fraction of sp³-hybridized carbons (Fsp3) is 0.250. The van der Waals surface area contributed by atoms with Crippen molar-refractivity contribution in [2.75, 3.05) is 14.1 Å². The van der Waals surface area contributed by atoms with Crippen molar-refractivity contribution in [1.29, 1.82) is 0 Å². The highest BCUT2D eigenvalue weighted by atomic mass is 16.1. The Kier molecular flexibility index (Phi) is 4.35. The van der Waals surface area contributed by atoms with E-state index in [-0.39, 0.29) is 0 Å². The maximum atomic E-state index is 10.5. The Morgan fingerprint density at radius 1 is 1.40 bits per heavy atom. The molecule has 104 valence electrons. The van der Waals surface area contributed by atoms with Crippen LogP contribution in [-0.4, -0.2) is 35.1 Å². The van der Waals surface area contributed by atoms with Crippen molar-refractivity contribution in [1.82, 2.24) is 14.7 Å². The number of aldehydes is 1. The van der Waals surface area contributed by atoms with Crippen molar-refractivity contribution in [2.45, 2.75) is 13.5 Å². The second-order valence-corrected chi connectivity index (χ2v) is 5.03. The van der Waals surface area contributed by atoms with E-state index < -0.39 is 0 Å². The highest BCUT2D eigenvalue weighted by molar-refractivity contribution is 5.79. The molecule has 4 heteroatoms. The first-order valence-corrected chi connectivity index (χ1v) is 6.51. The van der Waals surface area contributed by atoms with Crippen LogP contribution >= 0.6 is 0 Å². The van der Waals surface area contributed by atoms with Gasteiger partial charge in [0.25, 0.3) is 0 Å². The third-order valence-corrected chi connectivity index (χ3v) is 2.94. The van der Waals surface area contributed by atoms with E-state index in [1.807, 2.05) is 42.1 Å². The van der Waals surface area contributed by atoms with Crippen molar-refractivity contribution < 1.29 is 4.79 Å². The molecule has 4 nitrogen and oxygen atoms in total. The first-order chi connectivity index (χ1) is 9.60. The minimum Gasteiger partial charge on any atom is -0.383 e. The predicted molar refractivity (Wildman–Crippen MR) is 81.4 cm³/mol. The molecule has 0 bridgehead atoms. The number of aromatic nitrogens is 2. The number of hydrogen-bond acceptors (Lipinski definition) is 3. The van der Waals surface area contributed by atoms with Gasteiger partial charge in [0.1, 0.15) is 6.29 Å². The van der Waals surface area contributed by atoms with Crippen LogP contribution in [0.5, 0.6) is 0 Å². The Balaban J connectivity index is 2.33. The number of benzene rings is 1. The molecular weight excluding hydrogens is 250 g/mol. The molecule has 2 rings (SSSR count). The first kappa shape index (κ1) is 14.1. The van der Waals surface area contributed by atoms with Gasteiger partial charge in [-0.05, 0) is 30.7 Å². The smallest absolute Gasteiger partial charge is 0.142 e. The molecule has 0 unspecified atom stereocenters. The van der Waals surface area contributed by atoms with E-state index >= 15 is 0 Å². The van der Waals surface area contributed by atoms with Gasteiger partial charge in [-0.2, -0.15) is 5.10 Å². The van der Waals surface area contributed by atoms with Crippen LogP contribution in [-0.2, 0) is 11.3 Å². The van der Waals surface area contributed by atoms with Crippen LogP contribution < -0.4 is 0 Å². The number of nitrogens with zero attached hydrogens (tertiary/aromatic N) is 3. The van der Waals surface area contributed by atoms with Crippen LogP contribution in [0.3, 0.4) is 0 Å². The van der Waals surface area contributed by atoms with Gasteiger partial charge in [-0.1, -0.05) is 17.7 Å². The average molecular weight is 269 g/mol. The van der Waals surface area contributed by atoms with Crippen LogP contribution in [0.2, 0.25) is 0 Å². The van der Waals surface area contributed by atoms with Gasteiger partial charge in [-0.25, -0.2) is 0 Å². The molecule has 0 atom stereocenters. The normalized spacial score (nSPS) is 12.2. The topological polar surface area (TPSA) is 38.1 Å². The fourth-order valence-electron chi connectivity index (χ4n) is 2.14. The number of hydrogen-bond donors (Lipinski definition) is 0. The fourth-order valence-corrected chi connectivity index (χ4v) is 2.14. The quantitative estimate of drug-likeness (QED) is 0.475. The minimum absolute atomic E-state index is 0.634. The summed E-state index contributed by atoms with van der Waals surface area (Å²) in [4.78, 5) is 12.5. The number of fused-ring (bicyclic) bond motifs is 1. The van der Waals surface area contributed by atoms with E-state index in [0.717, 1.165) is 22.8 Å². The average Bonchev–Trinajstić information content (AvgIpc) is 2.77. The molecule has 0 aliphatic rings. The molecule has 1 aromatic carbocycles. The second kappa shape index (κ2) is 6.19. The SMILES string of the molecule is Cc1ccc2c(cnn2CC(=CN(C)C)/C=C\C=O)c1. The number of rotatable bonds is 5. The molecule has 0 aliphatic carbocycles. The zero-order chi connectivity index (χ0) is 14.5. The lowest BCUT2D eigenvalue weighted by molar-refractivity contribution is -0.104. The molecule has 0 fully saturated rings. The monoisotopic (exact) mass is 269 g/mol. The van der Waals surface area contributed by atoms with Crippen LogP contribution in [0.4, 0.5) is 0 Å². The largest absolute Gasteiger partial charge is 0.383 e. The first-order valence-electron chi connectivity index (χ1n) is 6.51. The van der Waals surface area contributed by atoms with Gasteiger partial charge in [-0.15, -0.1) is 0 Å². The summed E-state index contributed by atoms with van der Waals surface area (Å²) >= 11 is 0. The van der Waals surface area contributed by atoms with Crippen molar-refractivity contribution in [3.8, 4) is 0 Å². The van der Waals surface area contributed by atoms with Gasteiger partial charge in [0.05, 0.1) is 18.3 Å². The van der Waals surface area contributed by atoms with Gasteiger partial charge in [-0.3, -0.25) is 9.48 Å². The van der Waals surface area contributed by atoms with Gasteiger partial charge in [0.2, 0.25) is 0 Å². The third-order valence-electron chi connectivity index (χ3n) is 2.94. The minimum atomic E-state index is 0.634. The lowest BCUT2D eigenvalue weighted by Gasteiger charge is -2.10. The molecule has 0 radical (unpaired) electrons. The van der Waals surface area contributed by atoms with Crippen LogP contribution in [0.25, 0.3) is 10.9 Å². The summed E-state index contributed by atoms with van der Waals surface area (Å²) in [6.45, 7) is 2.70. The standard InChI is InChI=1S/C16H19N3O/c1-13-6-7-16-15(9-13)10-17-19(16)12-14(5-4-8-20)11-18(2)3/h4-11H,12H2,1-3H3/b5-4-,14-11?. The molecule has 0 N–H and O–H groups in total. The predicted octanol–water partition coefficient (Wildman–Crippen LogP) is 2.55. The summed E-state index contributed by atoms with van der Waals surface area (Å²) in [5.74, 6) is 0. The molecule has 1 aromatic heterocycles. The van der Waals surface area contributed by atoms with E-state index in [1.54, 1.807) is 0 Å². The number of carbonyl (C=O) groups is 1. The number of carbonyl (C=O) groups excluding carboxylic acids is 1. The molecule has 2 aromatic rings. The van der Waals surface area contributed by atoms with Gasteiger partial charge >= 0.3 is 0 Å². The van der Waals surface area contributed by atoms with Gasteiger partial charge in [0.15, 0.2) is 0 Å². The lowest BCUT2D eigenvalue weighted by Crippen LogP contribution is -2.07. The van der Waals surface area contributed by atoms with Crippen LogP contribution in [0.1, 0.15) is 5.56 Å². The Labute approximate surface area is 119 Å². The molecule has 0 aliphatic heterocycles. The summed E-state index contributed by atoms with van der Waals surface area (Å²) in [5.41, 5.74) is 3.34. The van der Waals surface area contributed by atoms with Crippen LogP contribution in [0.15, 0.2) is 48.3 Å². The van der Waals surface area contributed by atoms with E-state index in [0.29, 0.717) is 6.54 Å². The molecule has 0 amide bonds. The molecular formula is C16H19N3O. The highest BCUT2D eigenvalue weighted by Gasteiger charge is 2.04. The summed E-state index contributed by atoms with van der Waals surface area (Å²) in [5, 5.41) is 5.56. The van der Waals surface area contributed by atoms with Crippen molar-refractivity contribution in [3.05, 3.63) is 53.9 Å². The summed E-state index contributed by atoms with van der Waals surface area (Å²) in [7, 11) is 3.92. The van der Waals surface area contributed by atoms with Gasteiger partial charge in [0, 0.05) is 25.7 Å². The summed E-state index contributed by atoms with van der Waals surface area (Å²) in [6, 6.07) is 6.28. The summed E-state index contributed by atoms with van der Waals surface area (Å²) in [6.07, 6.45) is 7.97. The molecule has 0 saturated carbocycles. The Hall–Kier alpha value is -2.36. The van der Waals surface area contributed by atoms with E-state index in [9.17, 15) is 4.79 Å². The highest BCUT2D eigenvalue weighted by Crippen LogP contribution is 2.16. The maximum absolute atomic E-state index is 10.5. The second-order valence-electron chi connectivity index (χ2n) is 5.03. The van der Waals surface area contributed by atoms with Crippen molar-refractivity contribution in [3.63, 3.8) is 0 Å². The van der Waals surface area contributed by atoms with Crippen molar-refractivity contribution in [2.24, 2.45) is 0 Å². The Bertz CT molecular complexity index is 665. The molecule has 0 spiro atoms. The summed E-state index contributed by atoms with van der Waals surface area (Å²) < 4.78 is 1.94. The van der Waals surface area contributed by atoms with Crippen LogP contribution in [0, 0.1) is 6.92 Å².